The van der Waals surface area contributed by atoms with Gasteiger partial charge in [0.05, 0.1) is 6.07 Å². The van der Waals surface area contributed by atoms with Gasteiger partial charge in [-0.25, -0.2) is 4.79 Å². The van der Waals surface area contributed by atoms with E-state index in [2.05, 4.69) is 16.7 Å². The average molecular weight is 340 g/mol. The van der Waals surface area contributed by atoms with Gasteiger partial charge in [-0.15, -0.1) is 0 Å². The van der Waals surface area contributed by atoms with Gasteiger partial charge in [0.15, 0.2) is 0 Å². The SMILES string of the molecule is N#C[C@@H]1CCC[C@H](Nc2ccc(NC(=O)N3CCCCCC3)cc2)C1. The Kier molecular flexibility index (Phi) is 6.16. The van der Waals surface area contributed by atoms with E-state index in [1.807, 2.05) is 29.2 Å². The van der Waals surface area contributed by atoms with Gasteiger partial charge in [0.1, 0.15) is 0 Å². The van der Waals surface area contributed by atoms with Crippen LogP contribution in [-0.2, 0) is 0 Å². The van der Waals surface area contributed by atoms with E-state index in [4.69, 9.17) is 5.26 Å². The molecular formula is C20H28N4O. The fourth-order valence-electron chi connectivity index (χ4n) is 3.80. The number of nitrogens with one attached hydrogen (secondary N) is 2. The Bertz CT molecular complexity index is 599. The summed E-state index contributed by atoms with van der Waals surface area (Å²) >= 11 is 0. The van der Waals surface area contributed by atoms with E-state index < -0.39 is 0 Å². The standard InChI is InChI=1S/C20H28N4O/c21-15-16-6-5-7-19(14-16)22-17-8-10-18(11-9-17)23-20(25)24-12-3-1-2-4-13-24/h8-11,16,19,22H,1-7,12-14H2,(H,23,25)/t16-,19+/m1/s1. The van der Waals surface area contributed by atoms with Gasteiger partial charge >= 0.3 is 6.03 Å². The molecule has 1 saturated heterocycles. The summed E-state index contributed by atoms with van der Waals surface area (Å²) in [5, 5.41) is 15.6. The molecular weight excluding hydrogens is 312 g/mol. The van der Waals surface area contributed by atoms with Crippen LogP contribution in [0, 0.1) is 17.2 Å². The largest absolute Gasteiger partial charge is 0.382 e. The first-order valence-corrected chi connectivity index (χ1v) is 9.57. The zero-order chi connectivity index (χ0) is 17.5. The van der Waals surface area contributed by atoms with Crippen LogP contribution >= 0.6 is 0 Å². The molecule has 1 aliphatic carbocycles. The number of likely N-dealkylation sites (tertiary alicyclic amines) is 1. The summed E-state index contributed by atoms with van der Waals surface area (Å²) in [5.74, 6) is 0.179. The third-order valence-corrected chi connectivity index (χ3v) is 5.26. The summed E-state index contributed by atoms with van der Waals surface area (Å²) in [6, 6.07) is 10.7. The lowest BCUT2D eigenvalue weighted by Gasteiger charge is -2.27. The number of amides is 2. The lowest BCUT2D eigenvalue weighted by Crippen LogP contribution is -2.35. The van der Waals surface area contributed by atoms with Crippen molar-refractivity contribution in [2.24, 2.45) is 5.92 Å². The van der Waals surface area contributed by atoms with Crippen LogP contribution in [0.3, 0.4) is 0 Å². The number of carbonyl (C=O) groups excluding carboxylic acids is 1. The summed E-state index contributed by atoms with van der Waals surface area (Å²) in [6.07, 6.45) is 8.81. The summed E-state index contributed by atoms with van der Waals surface area (Å²) in [7, 11) is 0. The van der Waals surface area contributed by atoms with Crippen LogP contribution in [-0.4, -0.2) is 30.1 Å². The second kappa shape index (κ2) is 8.75. The number of nitriles is 1. The fraction of sp³-hybridized carbons (Fsp3) is 0.600. The van der Waals surface area contributed by atoms with Gasteiger partial charge in [-0.1, -0.05) is 19.3 Å². The number of carbonyl (C=O) groups is 1. The smallest absolute Gasteiger partial charge is 0.321 e. The minimum atomic E-state index is 0.00625. The summed E-state index contributed by atoms with van der Waals surface area (Å²) in [5.41, 5.74) is 1.88. The molecule has 134 valence electrons. The monoisotopic (exact) mass is 340 g/mol. The van der Waals surface area contributed by atoms with Gasteiger partial charge in [-0.2, -0.15) is 5.26 Å². The summed E-state index contributed by atoms with van der Waals surface area (Å²) in [4.78, 5) is 14.3. The molecule has 1 aromatic carbocycles. The summed E-state index contributed by atoms with van der Waals surface area (Å²) in [6.45, 7) is 1.71. The first kappa shape index (κ1) is 17.6. The molecule has 2 aliphatic rings. The first-order chi connectivity index (χ1) is 12.2. The quantitative estimate of drug-likeness (QED) is 0.845. The zero-order valence-electron chi connectivity index (χ0n) is 14.8. The van der Waals surface area contributed by atoms with Crippen LogP contribution in [0.5, 0.6) is 0 Å². The third-order valence-electron chi connectivity index (χ3n) is 5.26. The molecule has 2 atom stereocenters. The molecule has 1 aromatic rings. The molecule has 5 nitrogen and oxygen atoms in total. The molecule has 2 N–H and O–H groups in total. The summed E-state index contributed by atoms with van der Waals surface area (Å²) < 4.78 is 0. The van der Waals surface area contributed by atoms with Crippen LogP contribution in [0.4, 0.5) is 16.2 Å². The Morgan fingerprint density at radius 1 is 1.00 bits per heavy atom. The number of anilines is 2. The normalized spacial score (nSPS) is 24.0. The van der Waals surface area contributed by atoms with Crippen LogP contribution in [0.25, 0.3) is 0 Å². The highest BCUT2D eigenvalue weighted by Crippen LogP contribution is 2.26. The molecule has 2 amide bonds. The van der Waals surface area contributed by atoms with Crippen molar-refractivity contribution in [3.8, 4) is 6.07 Å². The van der Waals surface area contributed by atoms with E-state index in [9.17, 15) is 4.79 Å². The number of hydrogen-bond donors (Lipinski definition) is 2. The van der Waals surface area contributed by atoms with E-state index in [1.54, 1.807) is 0 Å². The van der Waals surface area contributed by atoms with E-state index in [0.717, 1.165) is 63.0 Å². The van der Waals surface area contributed by atoms with Crippen molar-refractivity contribution in [2.45, 2.75) is 57.4 Å². The van der Waals surface area contributed by atoms with Crippen molar-refractivity contribution in [1.29, 1.82) is 5.26 Å². The molecule has 1 saturated carbocycles. The highest BCUT2D eigenvalue weighted by molar-refractivity contribution is 5.89. The van der Waals surface area contributed by atoms with Gasteiger partial charge in [0.25, 0.3) is 0 Å². The first-order valence-electron chi connectivity index (χ1n) is 9.57. The maximum absolute atomic E-state index is 12.4. The number of nitrogens with zero attached hydrogens (tertiary/aromatic N) is 2. The van der Waals surface area contributed by atoms with Crippen molar-refractivity contribution in [2.75, 3.05) is 23.7 Å². The van der Waals surface area contributed by atoms with E-state index in [0.29, 0.717) is 6.04 Å². The predicted octanol–water partition coefficient (Wildman–Crippen LogP) is 4.59. The molecule has 3 rings (SSSR count). The molecule has 0 unspecified atom stereocenters. The number of urea groups is 1. The van der Waals surface area contributed by atoms with Crippen LogP contribution < -0.4 is 10.6 Å². The van der Waals surface area contributed by atoms with Crippen molar-refractivity contribution < 1.29 is 4.79 Å². The second-order valence-corrected chi connectivity index (χ2v) is 7.24. The molecule has 0 spiro atoms. The minimum absolute atomic E-state index is 0.00625. The van der Waals surface area contributed by atoms with Crippen LogP contribution in [0.2, 0.25) is 0 Å². The zero-order valence-corrected chi connectivity index (χ0v) is 14.8. The maximum atomic E-state index is 12.4. The lowest BCUT2D eigenvalue weighted by atomic mass is 9.86. The average Bonchev–Trinajstić information content (AvgIpc) is 2.93. The van der Waals surface area contributed by atoms with Gasteiger partial charge in [-0.05, 0) is 56.4 Å². The second-order valence-electron chi connectivity index (χ2n) is 7.24. The van der Waals surface area contributed by atoms with Crippen LogP contribution in [0.1, 0.15) is 51.4 Å². The number of hydrogen-bond acceptors (Lipinski definition) is 3. The molecule has 5 heteroatoms. The Morgan fingerprint density at radius 3 is 2.36 bits per heavy atom. The van der Waals surface area contributed by atoms with E-state index >= 15 is 0 Å². The lowest BCUT2D eigenvalue weighted by molar-refractivity contribution is 0.214. The van der Waals surface area contributed by atoms with Gasteiger partial charge in [-0.3, -0.25) is 0 Å². The fourth-order valence-corrected chi connectivity index (χ4v) is 3.80. The molecule has 1 heterocycles. The van der Waals surface area contributed by atoms with E-state index in [1.165, 1.54) is 12.8 Å². The Morgan fingerprint density at radius 2 is 1.68 bits per heavy atom. The minimum Gasteiger partial charge on any atom is -0.382 e. The number of rotatable bonds is 3. The topological polar surface area (TPSA) is 68.2 Å². The highest BCUT2D eigenvalue weighted by atomic mass is 16.2. The van der Waals surface area contributed by atoms with Crippen molar-refractivity contribution in [3.63, 3.8) is 0 Å². The molecule has 2 fully saturated rings. The Hall–Kier alpha value is -2.22. The number of benzene rings is 1. The van der Waals surface area contributed by atoms with Gasteiger partial charge in [0.2, 0.25) is 0 Å². The van der Waals surface area contributed by atoms with E-state index in [-0.39, 0.29) is 11.9 Å². The van der Waals surface area contributed by atoms with Crippen molar-refractivity contribution in [1.82, 2.24) is 4.90 Å². The predicted molar refractivity (Wildman–Crippen MR) is 100 cm³/mol. The van der Waals surface area contributed by atoms with Crippen molar-refractivity contribution >= 4 is 17.4 Å². The maximum Gasteiger partial charge on any atom is 0.321 e. The Labute approximate surface area is 150 Å². The molecule has 25 heavy (non-hydrogen) atoms. The Balaban J connectivity index is 1.51. The third kappa shape index (κ3) is 5.12. The van der Waals surface area contributed by atoms with Crippen LogP contribution in [0.15, 0.2) is 24.3 Å². The van der Waals surface area contributed by atoms with Gasteiger partial charge in [0, 0.05) is 36.4 Å². The van der Waals surface area contributed by atoms with Crippen molar-refractivity contribution in [3.05, 3.63) is 24.3 Å². The molecule has 1 aliphatic heterocycles. The molecule has 0 radical (unpaired) electrons. The highest BCUT2D eigenvalue weighted by Gasteiger charge is 2.21. The molecule has 0 aromatic heterocycles. The van der Waals surface area contributed by atoms with Gasteiger partial charge < -0.3 is 15.5 Å². The molecule has 0 bridgehead atoms.